The molecule has 1 aromatic rings. The molecule has 0 saturated heterocycles. The van der Waals surface area contributed by atoms with Gasteiger partial charge in [-0.1, -0.05) is 6.92 Å². The maximum absolute atomic E-state index is 12.8. The second-order valence-corrected chi connectivity index (χ2v) is 7.43. The quantitative estimate of drug-likeness (QED) is 0.757. The first-order chi connectivity index (χ1) is 12.0. The average molecular weight is 363 g/mol. The van der Waals surface area contributed by atoms with Gasteiger partial charge in [0.2, 0.25) is 0 Å². The molecule has 0 unspecified atom stereocenters. The Balaban J connectivity index is 2.13. The molecule has 8 nitrogen and oxygen atoms in total. The standard InChI is InChI=1S/C18H21NO7/c1-5-18(24)11-6-12-13(20)9(15(22)26-17(2,3)4)7-19(12)14(21)10(11)8-25-16(18)23/h6,20,24H,5,7-8H2,1-4H3/t18-/m0/s1. The zero-order valence-corrected chi connectivity index (χ0v) is 15.1. The molecule has 1 aromatic heterocycles. The largest absolute Gasteiger partial charge is 0.505 e. The van der Waals surface area contributed by atoms with E-state index in [4.69, 9.17) is 9.47 Å². The molecule has 2 aliphatic rings. The van der Waals surface area contributed by atoms with E-state index in [2.05, 4.69) is 0 Å². The van der Waals surface area contributed by atoms with Crippen molar-refractivity contribution in [2.75, 3.05) is 0 Å². The molecule has 2 aliphatic heterocycles. The lowest BCUT2D eigenvalue weighted by Crippen LogP contribution is -2.44. The summed E-state index contributed by atoms with van der Waals surface area (Å²) in [5.74, 6) is -1.96. The molecule has 2 N–H and O–H groups in total. The molecule has 1 atom stereocenters. The third-order valence-corrected chi connectivity index (χ3v) is 4.53. The molecule has 0 fully saturated rings. The third-order valence-electron chi connectivity index (χ3n) is 4.53. The Labute approximate surface area is 149 Å². The Kier molecular flexibility index (Phi) is 3.99. The molecule has 0 aliphatic carbocycles. The number of nitrogens with zero attached hydrogens (tertiary/aromatic N) is 1. The van der Waals surface area contributed by atoms with Crippen molar-refractivity contribution in [2.24, 2.45) is 0 Å². The predicted octanol–water partition coefficient (Wildman–Crippen LogP) is 1.13. The number of esters is 2. The molecule has 0 radical (unpaired) electrons. The number of cyclic esters (lactones) is 1. The zero-order valence-electron chi connectivity index (χ0n) is 15.1. The van der Waals surface area contributed by atoms with Crippen molar-refractivity contribution in [3.05, 3.63) is 38.8 Å². The van der Waals surface area contributed by atoms with Gasteiger partial charge in [0.15, 0.2) is 11.4 Å². The Morgan fingerprint density at radius 2 is 2.04 bits per heavy atom. The van der Waals surface area contributed by atoms with E-state index in [9.17, 15) is 24.6 Å². The second-order valence-electron chi connectivity index (χ2n) is 7.43. The highest BCUT2D eigenvalue weighted by atomic mass is 16.6. The van der Waals surface area contributed by atoms with Gasteiger partial charge in [0, 0.05) is 5.56 Å². The van der Waals surface area contributed by atoms with Crippen LogP contribution in [0.25, 0.3) is 5.76 Å². The van der Waals surface area contributed by atoms with Crippen LogP contribution < -0.4 is 5.56 Å². The van der Waals surface area contributed by atoms with E-state index in [0.717, 1.165) is 0 Å². The first-order valence-corrected chi connectivity index (χ1v) is 8.32. The maximum atomic E-state index is 12.8. The van der Waals surface area contributed by atoms with Crippen LogP contribution in [0.1, 0.15) is 50.9 Å². The first-order valence-electron chi connectivity index (χ1n) is 8.32. The lowest BCUT2D eigenvalue weighted by molar-refractivity contribution is -0.172. The van der Waals surface area contributed by atoms with Crippen LogP contribution in [0.5, 0.6) is 0 Å². The average Bonchev–Trinajstić information content (AvgIpc) is 2.88. The van der Waals surface area contributed by atoms with E-state index >= 15 is 0 Å². The van der Waals surface area contributed by atoms with Crippen molar-refractivity contribution in [1.82, 2.24) is 4.57 Å². The number of aromatic nitrogens is 1. The topological polar surface area (TPSA) is 115 Å². The third kappa shape index (κ3) is 2.61. The molecule has 8 heteroatoms. The summed E-state index contributed by atoms with van der Waals surface area (Å²) in [6, 6.07) is 1.37. The summed E-state index contributed by atoms with van der Waals surface area (Å²) in [6.45, 7) is 6.25. The van der Waals surface area contributed by atoms with Crippen molar-refractivity contribution in [3.63, 3.8) is 0 Å². The van der Waals surface area contributed by atoms with Gasteiger partial charge in [-0.3, -0.25) is 4.79 Å². The van der Waals surface area contributed by atoms with Crippen LogP contribution in [0.3, 0.4) is 0 Å². The molecule has 3 rings (SSSR count). The number of hydrogen-bond acceptors (Lipinski definition) is 7. The van der Waals surface area contributed by atoms with E-state index in [-0.39, 0.29) is 42.0 Å². The highest BCUT2D eigenvalue weighted by Crippen LogP contribution is 2.36. The van der Waals surface area contributed by atoms with Crippen LogP contribution in [0, 0.1) is 0 Å². The van der Waals surface area contributed by atoms with Crippen LogP contribution in [-0.4, -0.2) is 32.3 Å². The van der Waals surface area contributed by atoms with Gasteiger partial charge in [0.1, 0.15) is 17.8 Å². The number of pyridine rings is 1. The normalized spacial score (nSPS) is 22.0. The SMILES string of the molecule is CC[C@@]1(O)C(=O)OCc2c1cc1n(c2=O)CC(C(=O)OC(C)(C)C)=C1O. The summed E-state index contributed by atoms with van der Waals surface area (Å²) < 4.78 is 11.4. The lowest BCUT2D eigenvalue weighted by Gasteiger charge is -2.31. The van der Waals surface area contributed by atoms with Crippen LogP contribution >= 0.6 is 0 Å². The molecular weight excluding hydrogens is 342 g/mol. The summed E-state index contributed by atoms with van der Waals surface area (Å²) in [4.78, 5) is 37.1. The highest BCUT2D eigenvalue weighted by molar-refractivity contribution is 5.97. The molecule has 0 bridgehead atoms. The van der Waals surface area contributed by atoms with Crippen molar-refractivity contribution in [3.8, 4) is 0 Å². The number of hydrogen-bond donors (Lipinski definition) is 2. The van der Waals surface area contributed by atoms with Crippen LogP contribution in [-0.2, 0) is 37.8 Å². The minimum atomic E-state index is -1.96. The number of fused-ring (bicyclic) bond motifs is 2. The summed E-state index contributed by atoms with van der Waals surface area (Å²) in [7, 11) is 0. The molecular formula is C18H21NO7. The van der Waals surface area contributed by atoms with Crippen LogP contribution in [0.15, 0.2) is 16.4 Å². The molecule has 140 valence electrons. The van der Waals surface area contributed by atoms with E-state index in [1.165, 1.54) is 10.6 Å². The number of carbonyl (C=O) groups excluding carboxylic acids is 2. The van der Waals surface area contributed by atoms with E-state index < -0.39 is 34.5 Å². The van der Waals surface area contributed by atoms with E-state index in [1.807, 2.05) is 0 Å². The monoisotopic (exact) mass is 363 g/mol. The lowest BCUT2D eigenvalue weighted by atomic mass is 9.86. The molecule has 0 amide bonds. The van der Waals surface area contributed by atoms with E-state index in [0.29, 0.717) is 0 Å². The highest BCUT2D eigenvalue weighted by Gasteiger charge is 2.45. The van der Waals surface area contributed by atoms with Gasteiger partial charge < -0.3 is 24.3 Å². The number of ether oxygens (including phenoxy) is 2. The Hall–Kier alpha value is -2.61. The van der Waals surface area contributed by atoms with Crippen molar-refractivity contribution in [1.29, 1.82) is 0 Å². The second kappa shape index (κ2) is 5.70. The van der Waals surface area contributed by atoms with Crippen molar-refractivity contribution >= 4 is 17.7 Å². The van der Waals surface area contributed by atoms with Gasteiger partial charge in [-0.2, -0.15) is 0 Å². The fourth-order valence-electron chi connectivity index (χ4n) is 3.14. The summed E-state index contributed by atoms with van der Waals surface area (Å²) >= 11 is 0. The minimum Gasteiger partial charge on any atom is -0.505 e. The number of carbonyl (C=O) groups is 2. The van der Waals surface area contributed by atoms with Crippen LogP contribution in [0.4, 0.5) is 0 Å². The summed E-state index contributed by atoms with van der Waals surface area (Å²) in [5, 5.41) is 21.1. The fraction of sp³-hybridized carbons (Fsp3) is 0.500. The van der Waals surface area contributed by atoms with Crippen LogP contribution in [0.2, 0.25) is 0 Å². The van der Waals surface area contributed by atoms with Gasteiger partial charge >= 0.3 is 11.9 Å². The number of aliphatic hydroxyl groups is 2. The van der Waals surface area contributed by atoms with Gasteiger partial charge in [-0.25, -0.2) is 9.59 Å². The Morgan fingerprint density at radius 1 is 1.38 bits per heavy atom. The van der Waals surface area contributed by atoms with Crippen molar-refractivity contribution < 1.29 is 29.3 Å². The molecule has 3 heterocycles. The number of aliphatic hydroxyl groups excluding tert-OH is 1. The van der Waals surface area contributed by atoms with Gasteiger partial charge in [0.25, 0.3) is 5.56 Å². The van der Waals surface area contributed by atoms with E-state index in [1.54, 1.807) is 27.7 Å². The van der Waals surface area contributed by atoms with Crippen molar-refractivity contribution in [2.45, 2.75) is 58.5 Å². The molecule has 0 saturated carbocycles. The first kappa shape index (κ1) is 18.2. The Morgan fingerprint density at radius 3 is 2.62 bits per heavy atom. The Bertz CT molecular complexity index is 903. The summed E-state index contributed by atoms with van der Waals surface area (Å²) in [6.07, 6.45) is 0.00509. The fourth-order valence-corrected chi connectivity index (χ4v) is 3.14. The minimum absolute atomic E-state index is 0.00509. The maximum Gasteiger partial charge on any atom is 0.343 e. The molecule has 26 heavy (non-hydrogen) atoms. The summed E-state index contributed by atoms with van der Waals surface area (Å²) in [5.41, 5.74) is -2.99. The van der Waals surface area contributed by atoms with Gasteiger partial charge in [0.05, 0.1) is 17.8 Å². The predicted molar refractivity (Wildman–Crippen MR) is 90.1 cm³/mol. The van der Waals surface area contributed by atoms with Gasteiger partial charge in [-0.05, 0) is 33.3 Å². The number of rotatable bonds is 2. The smallest absolute Gasteiger partial charge is 0.343 e. The molecule has 0 aromatic carbocycles. The molecule has 0 spiro atoms. The van der Waals surface area contributed by atoms with Gasteiger partial charge in [-0.15, -0.1) is 0 Å². The zero-order chi connectivity index (χ0) is 19.4.